The van der Waals surface area contributed by atoms with Crippen LogP contribution < -0.4 is 0 Å². The molecule has 13 heavy (non-hydrogen) atoms. The van der Waals surface area contributed by atoms with E-state index in [4.69, 9.17) is 5.41 Å². The van der Waals surface area contributed by atoms with Crippen molar-refractivity contribution >= 4 is 5.84 Å². The van der Waals surface area contributed by atoms with Crippen molar-refractivity contribution in [2.24, 2.45) is 5.41 Å². The average Bonchev–Trinajstić information content (AvgIpc) is 2.06. The van der Waals surface area contributed by atoms with Gasteiger partial charge in [0.05, 0.1) is 5.84 Å². The van der Waals surface area contributed by atoms with Gasteiger partial charge >= 0.3 is 0 Å². The second kappa shape index (κ2) is 3.32. The van der Waals surface area contributed by atoms with Gasteiger partial charge in [0.25, 0.3) is 0 Å². The molecule has 2 heteroatoms. The van der Waals surface area contributed by atoms with Crippen molar-refractivity contribution in [3.8, 4) is 0 Å². The third kappa shape index (κ3) is 1.87. The van der Waals surface area contributed by atoms with Gasteiger partial charge in [-0.3, -0.25) is 5.41 Å². The topological polar surface area (TPSA) is 27.1 Å². The molecule has 74 valence electrons. The molecule has 1 saturated heterocycles. The maximum absolute atomic E-state index is 7.85. The van der Waals surface area contributed by atoms with Crippen LogP contribution in [0.3, 0.4) is 0 Å². The van der Waals surface area contributed by atoms with E-state index in [0.717, 1.165) is 25.3 Å². The highest BCUT2D eigenvalue weighted by atomic mass is 15.2. The smallest absolute Gasteiger partial charge is 0.0957 e. The predicted octanol–water partition coefficient (Wildman–Crippen LogP) is 2.64. The Morgan fingerprint density at radius 3 is 2.62 bits per heavy atom. The fraction of sp³-hybridized carbons (Fsp3) is 0.909. The van der Waals surface area contributed by atoms with E-state index in [1.165, 1.54) is 32.1 Å². The molecule has 2 rings (SSSR count). The van der Waals surface area contributed by atoms with Gasteiger partial charge in [-0.25, -0.2) is 0 Å². The molecule has 1 aliphatic heterocycles. The van der Waals surface area contributed by atoms with Crippen LogP contribution in [0.1, 0.15) is 45.4 Å². The fourth-order valence-electron chi connectivity index (χ4n) is 2.46. The van der Waals surface area contributed by atoms with Crippen LogP contribution in [-0.2, 0) is 0 Å². The van der Waals surface area contributed by atoms with Gasteiger partial charge in [-0.15, -0.1) is 0 Å². The number of piperidine rings is 1. The van der Waals surface area contributed by atoms with E-state index in [1.54, 1.807) is 0 Å². The summed E-state index contributed by atoms with van der Waals surface area (Å²) in [6.07, 6.45) is 7.67. The van der Waals surface area contributed by atoms with Gasteiger partial charge in [0.1, 0.15) is 0 Å². The van der Waals surface area contributed by atoms with Gasteiger partial charge in [0.15, 0.2) is 0 Å². The molecule has 0 amide bonds. The monoisotopic (exact) mass is 180 g/mol. The number of nitrogens with one attached hydrogen (secondary N) is 1. The van der Waals surface area contributed by atoms with E-state index in [-0.39, 0.29) is 0 Å². The fourth-order valence-corrected chi connectivity index (χ4v) is 2.46. The Bertz CT molecular complexity index is 206. The van der Waals surface area contributed by atoms with Crippen LogP contribution in [0.2, 0.25) is 0 Å². The normalized spacial score (nSPS) is 27.2. The number of likely N-dealkylation sites (tertiary alicyclic amines) is 1. The molecule has 1 saturated carbocycles. The Morgan fingerprint density at radius 2 is 2.08 bits per heavy atom. The molecular weight excluding hydrogens is 160 g/mol. The lowest BCUT2D eigenvalue weighted by Crippen LogP contribution is -2.44. The first kappa shape index (κ1) is 9.04. The molecule has 2 aliphatic rings. The summed E-state index contributed by atoms with van der Waals surface area (Å²) in [6, 6.07) is 0. The van der Waals surface area contributed by atoms with E-state index in [0.29, 0.717) is 5.41 Å². The summed E-state index contributed by atoms with van der Waals surface area (Å²) in [4.78, 5) is 2.31. The van der Waals surface area contributed by atoms with Crippen LogP contribution in [-0.4, -0.2) is 23.8 Å². The SMILES string of the molecule is CC1(CN2CCCCC2=N)CCC1. The zero-order valence-corrected chi connectivity index (χ0v) is 8.60. The summed E-state index contributed by atoms with van der Waals surface area (Å²) in [6.45, 7) is 4.65. The first-order chi connectivity index (χ1) is 6.20. The molecule has 1 N–H and O–H groups in total. The molecule has 0 aromatic rings. The maximum Gasteiger partial charge on any atom is 0.0957 e. The minimum Gasteiger partial charge on any atom is -0.360 e. The van der Waals surface area contributed by atoms with E-state index < -0.39 is 0 Å². The van der Waals surface area contributed by atoms with Gasteiger partial charge in [0, 0.05) is 19.5 Å². The Morgan fingerprint density at radius 1 is 1.31 bits per heavy atom. The number of amidine groups is 1. The van der Waals surface area contributed by atoms with Crippen molar-refractivity contribution in [2.45, 2.75) is 45.4 Å². The Balaban J connectivity index is 1.88. The van der Waals surface area contributed by atoms with E-state index in [1.807, 2.05) is 0 Å². The molecule has 1 aliphatic carbocycles. The highest BCUT2D eigenvalue weighted by molar-refractivity contribution is 5.79. The van der Waals surface area contributed by atoms with Crippen molar-refractivity contribution in [3.05, 3.63) is 0 Å². The quantitative estimate of drug-likeness (QED) is 0.695. The lowest BCUT2D eigenvalue weighted by Gasteiger charge is -2.44. The standard InChI is InChI=1S/C11H20N2/c1-11(6-4-7-11)9-13-8-3-2-5-10(13)12/h12H,2-9H2,1H3. The summed E-state index contributed by atoms with van der Waals surface area (Å²) in [5, 5.41) is 7.85. The van der Waals surface area contributed by atoms with Crippen LogP contribution in [0.25, 0.3) is 0 Å². The minimum atomic E-state index is 0.545. The van der Waals surface area contributed by atoms with Crippen molar-refractivity contribution in [3.63, 3.8) is 0 Å². The Hall–Kier alpha value is -0.530. The second-order valence-electron chi connectivity index (χ2n) is 4.99. The van der Waals surface area contributed by atoms with E-state index in [9.17, 15) is 0 Å². The number of hydrogen-bond donors (Lipinski definition) is 1. The van der Waals surface area contributed by atoms with Crippen molar-refractivity contribution in [1.29, 1.82) is 5.41 Å². The van der Waals surface area contributed by atoms with Crippen LogP contribution in [0, 0.1) is 10.8 Å². The number of nitrogens with zero attached hydrogens (tertiary/aromatic N) is 1. The summed E-state index contributed by atoms with van der Waals surface area (Å²) in [5.74, 6) is 0.888. The maximum atomic E-state index is 7.85. The Kier molecular flexibility index (Phi) is 2.31. The van der Waals surface area contributed by atoms with Gasteiger partial charge in [-0.05, 0) is 31.1 Å². The molecule has 2 fully saturated rings. The highest BCUT2D eigenvalue weighted by Crippen LogP contribution is 2.41. The molecule has 0 radical (unpaired) electrons. The first-order valence-electron chi connectivity index (χ1n) is 5.52. The van der Waals surface area contributed by atoms with Gasteiger partial charge < -0.3 is 4.90 Å². The molecule has 0 aromatic carbocycles. The van der Waals surface area contributed by atoms with Gasteiger partial charge in [-0.2, -0.15) is 0 Å². The summed E-state index contributed by atoms with van der Waals surface area (Å²) < 4.78 is 0. The average molecular weight is 180 g/mol. The third-order valence-corrected chi connectivity index (χ3v) is 3.61. The van der Waals surface area contributed by atoms with E-state index in [2.05, 4.69) is 11.8 Å². The first-order valence-corrected chi connectivity index (χ1v) is 5.52. The molecule has 0 atom stereocenters. The Labute approximate surface area is 80.8 Å². The summed E-state index contributed by atoms with van der Waals surface area (Å²) in [5.41, 5.74) is 0.545. The zero-order chi connectivity index (χ0) is 9.31. The van der Waals surface area contributed by atoms with Crippen molar-refractivity contribution in [1.82, 2.24) is 4.90 Å². The molecule has 2 nitrogen and oxygen atoms in total. The lowest BCUT2D eigenvalue weighted by atomic mass is 9.70. The van der Waals surface area contributed by atoms with Crippen molar-refractivity contribution < 1.29 is 0 Å². The molecule has 0 bridgehead atoms. The summed E-state index contributed by atoms with van der Waals surface area (Å²) >= 11 is 0. The lowest BCUT2D eigenvalue weighted by molar-refractivity contribution is 0.113. The largest absolute Gasteiger partial charge is 0.360 e. The summed E-state index contributed by atoms with van der Waals surface area (Å²) in [7, 11) is 0. The van der Waals surface area contributed by atoms with Crippen LogP contribution in [0.5, 0.6) is 0 Å². The van der Waals surface area contributed by atoms with Crippen LogP contribution in [0.4, 0.5) is 0 Å². The number of rotatable bonds is 2. The van der Waals surface area contributed by atoms with Crippen molar-refractivity contribution in [2.75, 3.05) is 13.1 Å². The number of hydrogen-bond acceptors (Lipinski definition) is 1. The zero-order valence-electron chi connectivity index (χ0n) is 8.60. The van der Waals surface area contributed by atoms with Crippen LogP contribution in [0.15, 0.2) is 0 Å². The predicted molar refractivity (Wildman–Crippen MR) is 55.1 cm³/mol. The van der Waals surface area contributed by atoms with E-state index >= 15 is 0 Å². The minimum absolute atomic E-state index is 0.545. The molecule has 0 unspecified atom stereocenters. The third-order valence-electron chi connectivity index (χ3n) is 3.61. The van der Waals surface area contributed by atoms with Gasteiger partial charge in [0.2, 0.25) is 0 Å². The van der Waals surface area contributed by atoms with Crippen LogP contribution >= 0.6 is 0 Å². The molecule has 0 spiro atoms. The van der Waals surface area contributed by atoms with Gasteiger partial charge in [-0.1, -0.05) is 13.3 Å². The highest BCUT2D eigenvalue weighted by Gasteiger charge is 2.34. The second-order valence-corrected chi connectivity index (χ2v) is 4.99. The molecular formula is C11H20N2. The molecule has 1 heterocycles. The molecule has 0 aromatic heterocycles.